The van der Waals surface area contributed by atoms with E-state index in [1.807, 2.05) is 0 Å². The van der Waals surface area contributed by atoms with Crippen molar-refractivity contribution in [1.29, 1.82) is 0 Å². The summed E-state index contributed by atoms with van der Waals surface area (Å²) in [6, 6.07) is 11.7. The predicted octanol–water partition coefficient (Wildman–Crippen LogP) is 1.35. The molecule has 8 nitrogen and oxygen atoms in total. The molecule has 0 heterocycles. The van der Waals surface area contributed by atoms with Crippen LogP contribution in [-0.4, -0.2) is 42.6 Å². The molecule has 0 bridgehead atoms. The Hall–Kier alpha value is -3.42. The predicted molar refractivity (Wildman–Crippen MR) is 74.8 cm³/mol. The molecule has 0 spiro atoms. The van der Waals surface area contributed by atoms with E-state index in [1.165, 1.54) is 36.4 Å². The van der Waals surface area contributed by atoms with Crippen molar-refractivity contribution < 1.29 is 40.2 Å². The lowest BCUT2D eigenvalue weighted by atomic mass is 10.3. The first kappa shape index (κ1) is 18.6. The van der Waals surface area contributed by atoms with Gasteiger partial charge in [-0.2, -0.15) is 0 Å². The molecule has 22 heavy (non-hydrogen) atoms. The van der Waals surface area contributed by atoms with Gasteiger partial charge >= 0.3 is 11.9 Å². The van der Waals surface area contributed by atoms with Crippen molar-refractivity contribution in [3.63, 3.8) is 0 Å². The quantitative estimate of drug-likeness (QED) is 0.398. The molecule has 6 N–H and O–H groups in total. The molecule has 0 aliphatic heterocycles. The third-order valence-electron chi connectivity index (χ3n) is 1.84. The summed E-state index contributed by atoms with van der Waals surface area (Å²) in [5.74, 6) is -3.30. The number of phenols is 4. The lowest BCUT2D eigenvalue weighted by molar-refractivity contribution is -0.159. The van der Waals surface area contributed by atoms with Crippen LogP contribution in [0.1, 0.15) is 0 Å². The van der Waals surface area contributed by atoms with Gasteiger partial charge in [0.25, 0.3) is 0 Å². The highest BCUT2D eigenvalue weighted by atomic mass is 16.4. The Kier molecular flexibility index (Phi) is 8.01. The average molecular weight is 310 g/mol. The highest BCUT2D eigenvalue weighted by Crippen LogP contribution is 2.15. The fraction of sp³-hybridized carbons (Fsp3) is 0. The Morgan fingerprint density at radius 3 is 0.909 bits per heavy atom. The molecule has 0 unspecified atom stereocenters. The first-order valence-corrected chi connectivity index (χ1v) is 5.64. The summed E-state index contributed by atoms with van der Waals surface area (Å²) < 4.78 is 0. The molecular formula is C14H14O8. The second-order valence-electron chi connectivity index (χ2n) is 3.65. The smallest absolute Gasteiger partial charge is 0.414 e. The SMILES string of the molecule is O=C(O)C(=O)O.Oc1cccc(O)c1.Oc1cccc(O)c1. The number of carbonyl (C=O) groups is 2. The highest BCUT2D eigenvalue weighted by Gasteiger charge is 2.04. The fourth-order valence-corrected chi connectivity index (χ4v) is 0.986. The second kappa shape index (κ2) is 9.48. The number of hydrogen-bond acceptors (Lipinski definition) is 6. The van der Waals surface area contributed by atoms with Crippen LogP contribution in [0.2, 0.25) is 0 Å². The van der Waals surface area contributed by atoms with Crippen molar-refractivity contribution in [3.05, 3.63) is 48.5 Å². The lowest BCUT2D eigenvalue weighted by Crippen LogP contribution is -2.09. The van der Waals surface area contributed by atoms with E-state index in [9.17, 15) is 0 Å². The molecule has 0 aliphatic rings. The summed E-state index contributed by atoms with van der Waals surface area (Å²) in [6.07, 6.45) is 0. The van der Waals surface area contributed by atoms with Gasteiger partial charge in [0.1, 0.15) is 23.0 Å². The molecular weight excluding hydrogens is 296 g/mol. The van der Waals surface area contributed by atoms with Crippen molar-refractivity contribution in [2.24, 2.45) is 0 Å². The largest absolute Gasteiger partial charge is 0.508 e. The summed E-state index contributed by atoms with van der Waals surface area (Å²) in [4.78, 5) is 18.2. The number of carboxylic acid groups (broad SMARTS) is 2. The Bertz CT molecular complexity index is 534. The molecule has 0 radical (unpaired) electrons. The molecule has 2 rings (SSSR count). The molecule has 0 atom stereocenters. The van der Waals surface area contributed by atoms with Gasteiger partial charge < -0.3 is 30.6 Å². The number of hydrogen-bond donors (Lipinski definition) is 6. The van der Waals surface area contributed by atoms with E-state index in [0.29, 0.717) is 0 Å². The summed E-state index contributed by atoms with van der Waals surface area (Å²) in [5, 5.41) is 49.4. The molecule has 0 fully saturated rings. The van der Waals surface area contributed by atoms with Crippen molar-refractivity contribution in [1.82, 2.24) is 0 Å². The molecule has 0 aromatic heterocycles. The summed E-state index contributed by atoms with van der Waals surface area (Å²) in [7, 11) is 0. The van der Waals surface area contributed by atoms with Gasteiger partial charge in [-0.25, -0.2) is 9.59 Å². The van der Waals surface area contributed by atoms with Gasteiger partial charge in [-0.3, -0.25) is 0 Å². The van der Waals surface area contributed by atoms with Crippen LogP contribution in [0.3, 0.4) is 0 Å². The highest BCUT2D eigenvalue weighted by molar-refractivity contribution is 6.27. The Morgan fingerprint density at radius 1 is 0.591 bits per heavy atom. The van der Waals surface area contributed by atoms with Gasteiger partial charge in [0, 0.05) is 12.1 Å². The van der Waals surface area contributed by atoms with Crippen molar-refractivity contribution in [2.75, 3.05) is 0 Å². The van der Waals surface area contributed by atoms with Gasteiger partial charge in [0.05, 0.1) is 0 Å². The van der Waals surface area contributed by atoms with Crippen LogP contribution >= 0.6 is 0 Å². The molecule has 118 valence electrons. The van der Waals surface area contributed by atoms with E-state index < -0.39 is 11.9 Å². The minimum Gasteiger partial charge on any atom is -0.508 e. The number of carboxylic acids is 2. The van der Waals surface area contributed by atoms with E-state index in [0.717, 1.165) is 0 Å². The Labute approximate surface area is 124 Å². The van der Waals surface area contributed by atoms with E-state index in [-0.39, 0.29) is 23.0 Å². The maximum atomic E-state index is 9.10. The average Bonchev–Trinajstić information content (AvgIpc) is 2.39. The van der Waals surface area contributed by atoms with E-state index in [4.69, 9.17) is 40.2 Å². The van der Waals surface area contributed by atoms with Crippen LogP contribution in [0.15, 0.2) is 48.5 Å². The zero-order chi connectivity index (χ0) is 17.1. The first-order chi connectivity index (χ1) is 10.2. The zero-order valence-electron chi connectivity index (χ0n) is 11.1. The summed E-state index contributed by atoms with van der Waals surface area (Å²) in [5.41, 5.74) is 0. The van der Waals surface area contributed by atoms with Crippen LogP contribution in [0.4, 0.5) is 0 Å². The van der Waals surface area contributed by atoms with E-state index in [2.05, 4.69) is 0 Å². The van der Waals surface area contributed by atoms with Gasteiger partial charge in [-0.05, 0) is 24.3 Å². The molecule has 8 heteroatoms. The number of aromatic hydroxyl groups is 4. The molecule has 0 aliphatic carbocycles. The first-order valence-electron chi connectivity index (χ1n) is 5.64. The van der Waals surface area contributed by atoms with Crippen molar-refractivity contribution in [3.8, 4) is 23.0 Å². The summed E-state index contributed by atoms with van der Waals surface area (Å²) >= 11 is 0. The number of phenolic OH excluding ortho intramolecular Hbond substituents is 4. The number of aliphatic carboxylic acids is 2. The van der Waals surface area contributed by atoms with Crippen LogP contribution < -0.4 is 0 Å². The second-order valence-corrected chi connectivity index (χ2v) is 3.65. The Balaban J connectivity index is 0.000000306. The van der Waals surface area contributed by atoms with E-state index in [1.54, 1.807) is 12.1 Å². The van der Waals surface area contributed by atoms with Crippen LogP contribution in [0.5, 0.6) is 23.0 Å². The van der Waals surface area contributed by atoms with Crippen molar-refractivity contribution >= 4 is 11.9 Å². The zero-order valence-corrected chi connectivity index (χ0v) is 11.1. The van der Waals surface area contributed by atoms with Gasteiger partial charge in [0.2, 0.25) is 0 Å². The topological polar surface area (TPSA) is 156 Å². The normalized spacial score (nSPS) is 8.55. The fourth-order valence-electron chi connectivity index (χ4n) is 0.986. The van der Waals surface area contributed by atoms with Crippen molar-refractivity contribution in [2.45, 2.75) is 0 Å². The third kappa shape index (κ3) is 9.50. The van der Waals surface area contributed by atoms with Crippen LogP contribution in [0, 0.1) is 0 Å². The van der Waals surface area contributed by atoms with Crippen LogP contribution in [-0.2, 0) is 9.59 Å². The minimum absolute atomic E-state index is 0.0880. The maximum Gasteiger partial charge on any atom is 0.414 e. The third-order valence-corrected chi connectivity index (χ3v) is 1.84. The van der Waals surface area contributed by atoms with Crippen LogP contribution in [0.25, 0.3) is 0 Å². The standard InChI is InChI=1S/2C6H6O2.C2H2O4/c2*7-5-2-1-3-6(8)4-5;3-1(4)2(5)6/h2*1-4,7-8H;(H,3,4)(H,5,6). The van der Waals surface area contributed by atoms with Gasteiger partial charge in [0.15, 0.2) is 0 Å². The molecule has 2 aromatic carbocycles. The number of rotatable bonds is 0. The maximum absolute atomic E-state index is 9.10. The van der Waals surface area contributed by atoms with E-state index >= 15 is 0 Å². The van der Waals surface area contributed by atoms with Gasteiger partial charge in [-0.15, -0.1) is 0 Å². The minimum atomic E-state index is -1.82. The van der Waals surface area contributed by atoms with Gasteiger partial charge in [-0.1, -0.05) is 12.1 Å². The monoisotopic (exact) mass is 310 g/mol. The number of benzene rings is 2. The lowest BCUT2D eigenvalue weighted by Gasteiger charge is -1.89. The Morgan fingerprint density at radius 2 is 0.818 bits per heavy atom. The summed E-state index contributed by atoms with van der Waals surface area (Å²) in [6.45, 7) is 0. The molecule has 0 saturated heterocycles. The molecule has 0 amide bonds. The molecule has 0 saturated carbocycles. The molecule has 2 aromatic rings.